The molecule has 0 unspecified atom stereocenters. The van der Waals surface area contributed by atoms with E-state index in [9.17, 15) is 0 Å². The van der Waals surface area contributed by atoms with Crippen molar-refractivity contribution in [2.24, 2.45) is 5.92 Å². The molecule has 1 rings (SSSR count). The maximum atomic E-state index is 5.81. The zero-order valence-corrected chi connectivity index (χ0v) is 13.8. The topological polar surface area (TPSA) is 39.7 Å². The summed E-state index contributed by atoms with van der Waals surface area (Å²) < 4.78 is 16.5. The summed E-state index contributed by atoms with van der Waals surface area (Å²) in [6.45, 7) is 10.1. The summed E-state index contributed by atoms with van der Waals surface area (Å²) in [6.07, 6.45) is 0.998. The quantitative estimate of drug-likeness (QED) is 0.636. The first-order chi connectivity index (χ1) is 10.2. The molecule has 0 atom stereocenters. The molecule has 21 heavy (non-hydrogen) atoms. The zero-order chi connectivity index (χ0) is 15.5. The average Bonchev–Trinajstić information content (AvgIpc) is 2.46. The Morgan fingerprint density at radius 1 is 1.10 bits per heavy atom. The predicted octanol–water partition coefficient (Wildman–Crippen LogP) is 3.25. The normalized spacial score (nSPS) is 10.9. The first-order valence-corrected chi connectivity index (χ1v) is 7.75. The standard InChI is InChI=1S/C17H29NO3/c1-5-8-20-16-7-6-15(13-18-12-14(2)3)17(11-16)21-10-9-19-4/h6-7,11,14,18H,5,8-10,12-13H2,1-4H3. The van der Waals surface area contributed by atoms with Crippen molar-refractivity contribution >= 4 is 0 Å². The van der Waals surface area contributed by atoms with Gasteiger partial charge < -0.3 is 19.5 Å². The predicted molar refractivity (Wildman–Crippen MR) is 86.1 cm³/mol. The molecule has 0 radical (unpaired) electrons. The van der Waals surface area contributed by atoms with Crippen LogP contribution in [0.3, 0.4) is 0 Å². The summed E-state index contributed by atoms with van der Waals surface area (Å²) in [4.78, 5) is 0. The molecule has 0 bridgehead atoms. The first kappa shape index (κ1) is 17.8. The van der Waals surface area contributed by atoms with E-state index in [0.717, 1.165) is 43.2 Å². The smallest absolute Gasteiger partial charge is 0.127 e. The molecule has 1 N–H and O–H groups in total. The van der Waals surface area contributed by atoms with E-state index >= 15 is 0 Å². The molecular formula is C17H29NO3. The van der Waals surface area contributed by atoms with E-state index in [4.69, 9.17) is 14.2 Å². The van der Waals surface area contributed by atoms with Crippen LogP contribution in [0.15, 0.2) is 18.2 Å². The number of benzene rings is 1. The zero-order valence-electron chi connectivity index (χ0n) is 13.8. The molecule has 0 aliphatic rings. The second kappa shape index (κ2) is 10.5. The van der Waals surface area contributed by atoms with Gasteiger partial charge in [0.05, 0.1) is 13.2 Å². The van der Waals surface area contributed by atoms with Crippen LogP contribution < -0.4 is 14.8 Å². The monoisotopic (exact) mass is 295 g/mol. The van der Waals surface area contributed by atoms with E-state index in [1.54, 1.807) is 7.11 Å². The fourth-order valence-corrected chi connectivity index (χ4v) is 1.86. The Bertz CT molecular complexity index is 394. The minimum absolute atomic E-state index is 0.547. The first-order valence-electron chi connectivity index (χ1n) is 7.75. The lowest BCUT2D eigenvalue weighted by molar-refractivity contribution is 0.145. The Morgan fingerprint density at radius 3 is 2.57 bits per heavy atom. The van der Waals surface area contributed by atoms with Gasteiger partial charge in [0, 0.05) is 25.3 Å². The summed E-state index contributed by atoms with van der Waals surface area (Å²) >= 11 is 0. The molecule has 120 valence electrons. The van der Waals surface area contributed by atoms with Gasteiger partial charge in [-0.2, -0.15) is 0 Å². The molecule has 0 fully saturated rings. The average molecular weight is 295 g/mol. The molecule has 0 aromatic heterocycles. The van der Waals surface area contributed by atoms with Crippen LogP contribution in [0.2, 0.25) is 0 Å². The molecule has 0 amide bonds. The van der Waals surface area contributed by atoms with Crippen LogP contribution in [0.4, 0.5) is 0 Å². The highest BCUT2D eigenvalue weighted by Gasteiger charge is 2.07. The van der Waals surface area contributed by atoms with Gasteiger partial charge in [0.25, 0.3) is 0 Å². The Morgan fingerprint density at radius 2 is 1.90 bits per heavy atom. The van der Waals surface area contributed by atoms with Crippen molar-refractivity contribution in [2.75, 3.05) is 33.5 Å². The van der Waals surface area contributed by atoms with Gasteiger partial charge in [-0.05, 0) is 24.9 Å². The number of methoxy groups -OCH3 is 1. The highest BCUT2D eigenvalue weighted by molar-refractivity contribution is 5.40. The van der Waals surface area contributed by atoms with Crippen LogP contribution >= 0.6 is 0 Å². The minimum atomic E-state index is 0.547. The molecule has 0 aliphatic heterocycles. The van der Waals surface area contributed by atoms with E-state index < -0.39 is 0 Å². The van der Waals surface area contributed by atoms with Crippen LogP contribution in [-0.4, -0.2) is 33.5 Å². The Balaban J connectivity index is 2.68. The Hall–Kier alpha value is -1.26. The van der Waals surface area contributed by atoms with Gasteiger partial charge in [-0.3, -0.25) is 0 Å². The van der Waals surface area contributed by atoms with Gasteiger partial charge in [0.2, 0.25) is 0 Å². The summed E-state index contributed by atoms with van der Waals surface area (Å²) in [7, 11) is 1.68. The van der Waals surface area contributed by atoms with Crippen molar-refractivity contribution in [3.8, 4) is 11.5 Å². The summed E-state index contributed by atoms with van der Waals surface area (Å²) in [5, 5.41) is 3.44. The van der Waals surface area contributed by atoms with Crippen molar-refractivity contribution in [1.82, 2.24) is 5.32 Å². The Kier molecular flexibility index (Phi) is 8.87. The third-order valence-corrected chi connectivity index (χ3v) is 2.92. The van der Waals surface area contributed by atoms with Crippen molar-refractivity contribution in [3.63, 3.8) is 0 Å². The molecule has 0 heterocycles. The molecule has 0 saturated carbocycles. The van der Waals surface area contributed by atoms with Crippen molar-refractivity contribution in [2.45, 2.75) is 33.7 Å². The van der Waals surface area contributed by atoms with E-state index in [1.165, 1.54) is 0 Å². The number of hydrogen-bond acceptors (Lipinski definition) is 4. The molecule has 1 aromatic carbocycles. The molecule has 0 aliphatic carbocycles. The number of ether oxygens (including phenoxy) is 3. The van der Waals surface area contributed by atoms with Crippen molar-refractivity contribution in [1.29, 1.82) is 0 Å². The fraction of sp³-hybridized carbons (Fsp3) is 0.647. The second-order valence-electron chi connectivity index (χ2n) is 5.48. The summed E-state index contributed by atoms with van der Waals surface area (Å²) in [5.41, 5.74) is 1.15. The molecule has 0 saturated heterocycles. The summed E-state index contributed by atoms with van der Waals surface area (Å²) in [5.74, 6) is 2.36. The molecule has 4 heteroatoms. The van der Waals surface area contributed by atoms with E-state index in [2.05, 4.69) is 32.2 Å². The van der Waals surface area contributed by atoms with Gasteiger partial charge >= 0.3 is 0 Å². The van der Waals surface area contributed by atoms with Crippen LogP contribution in [0.25, 0.3) is 0 Å². The number of hydrogen-bond donors (Lipinski definition) is 1. The maximum absolute atomic E-state index is 5.81. The van der Waals surface area contributed by atoms with Gasteiger partial charge in [-0.1, -0.05) is 26.8 Å². The number of nitrogens with one attached hydrogen (secondary N) is 1. The summed E-state index contributed by atoms with van der Waals surface area (Å²) in [6, 6.07) is 6.05. The number of rotatable bonds is 11. The lowest BCUT2D eigenvalue weighted by Gasteiger charge is -2.15. The van der Waals surface area contributed by atoms with Crippen molar-refractivity contribution in [3.05, 3.63) is 23.8 Å². The lowest BCUT2D eigenvalue weighted by atomic mass is 10.1. The van der Waals surface area contributed by atoms with E-state index in [-0.39, 0.29) is 0 Å². The highest BCUT2D eigenvalue weighted by Crippen LogP contribution is 2.25. The SMILES string of the molecule is CCCOc1ccc(CNCC(C)C)c(OCCOC)c1. The van der Waals surface area contributed by atoms with E-state index in [1.807, 2.05) is 12.1 Å². The highest BCUT2D eigenvalue weighted by atomic mass is 16.5. The molecule has 1 aromatic rings. The van der Waals surface area contributed by atoms with Crippen LogP contribution in [0, 0.1) is 5.92 Å². The van der Waals surface area contributed by atoms with Crippen LogP contribution in [-0.2, 0) is 11.3 Å². The van der Waals surface area contributed by atoms with Crippen LogP contribution in [0.5, 0.6) is 11.5 Å². The third-order valence-electron chi connectivity index (χ3n) is 2.92. The van der Waals surface area contributed by atoms with Crippen molar-refractivity contribution < 1.29 is 14.2 Å². The minimum Gasteiger partial charge on any atom is -0.493 e. The van der Waals surface area contributed by atoms with Gasteiger partial charge in [0.1, 0.15) is 18.1 Å². The van der Waals surface area contributed by atoms with Gasteiger partial charge in [0.15, 0.2) is 0 Å². The molecule has 4 nitrogen and oxygen atoms in total. The fourth-order valence-electron chi connectivity index (χ4n) is 1.86. The Labute approximate surface area is 128 Å². The van der Waals surface area contributed by atoms with E-state index in [0.29, 0.717) is 19.1 Å². The van der Waals surface area contributed by atoms with Gasteiger partial charge in [-0.25, -0.2) is 0 Å². The molecule has 0 spiro atoms. The van der Waals surface area contributed by atoms with Gasteiger partial charge in [-0.15, -0.1) is 0 Å². The third kappa shape index (κ3) is 7.34. The lowest BCUT2D eigenvalue weighted by Crippen LogP contribution is -2.19. The largest absolute Gasteiger partial charge is 0.493 e. The second-order valence-corrected chi connectivity index (χ2v) is 5.48. The van der Waals surface area contributed by atoms with Crippen LogP contribution in [0.1, 0.15) is 32.8 Å². The maximum Gasteiger partial charge on any atom is 0.127 e. The molecular weight excluding hydrogens is 266 g/mol.